The highest BCUT2D eigenvalue weighted by Gasteiger charge is 2.44. The summed E-state index contributed by atoms with van der Waals surface area (Å²) < 4.78 is 38.3. The monoisotopic (exact) mass is 778 g/mol. The van der Waals surface area contributed by atoms with Crippen LogP contribution in [0.3, 0.4) is 0 Å². The van der Waals surface area contributed by atoms with Gasteiger partial charge in [-0.3, -0.25) is 14.3 Å². The number of ether oxygens (including phenoxy) is 1. The molecule has 2 unspecified atom stereocenters. The Balaban J connectivity index is 1.27. The molecule has 2 amide bonds. The van der Waals surface area contributed by atoms with Crippen molar-refractivity contribution in [3.8, 4) is 17.0 Å². The lowest BCUT2D eigenvalue weighted by molar-refractivity contribution is 0.0471. The van der Waals surface area contributed by atoms with Gasteiger partial charge in [-0.2, -0.15) is 5.10 Å². The molecule has 2 saturated carbocycles. The van der Waals surface area contributed by atoms with Crippen LogP contribution >= 0.6 is 0 Å². The number of aromatic nitrogens is 3. The summed E-state index contributed by atoms with van der Waals surface area (Å²) in [6.07, 6.45) is 13.1. The number of sulfonamides is 1. The minimum atomic E-state index is -3.84. The van der Waals surface area contributed by atoms with E-state index in [1.54, 1.807) is 27.0 Å². The number of allylic oxidation sites excluding steroid dienone is 1. The molecule has 5 aliphatic rings. The maximum absolute atomic E-state index is 15.1. The molecule has 4 aromatic rings. The number of fused-ring (bicyclic) bond motifs is 7. The van der Waals surface area contributed by atoms with Crippen LogP contribution in [0.1, 0.15) is 133 Å². The number of hydrogen-bond donors (Lipinski definition) is 1. The molecule has 5 heterocycles. The maximum Gasteiger partial charge on any atom is 0.264 e. The van der Waals surface area contributed by atoms with Crippen LogP contribution in [0, 0.1) is 6.92 Å². The highest BCUT2D eigenvalue weighted by molar-refractivity contribution is 7.90. The molecule has 2 saturated heterocycles. The van der Waals surface area contributed by atoms with Gasteiger partial charge in [-0.15, -0.1) is 0 Å². The van der Waals surface area contributed by atoms with E-state index in [2.05, 4.69) is 49.0 Å². The molecule has 56 heavy (non-hydrogen) atoms. The smallest absolute Gasteiger partial charge is 0.264 e. The summed E-state index contributed by atoms with van der Waals surface area (Å²) in [6.45, 7) is 7.31. The number of benzene rings is 2. The van der Waals surface area contributed by atoms with Crippen molar-refractivity contribution in [2.45, 2.75) is 121 Å². The van der Waals surface area contributed by atoms with Crippen LogP contribution in [-0.2, 0) is 16.6 Å². The predicted molar refractivity (Wildman–Crippen MR) is 219 cm³/mol. The van der Waals surface area contributed by atoms with Gasteiger partial charge in [0, 0.05) is 47.2 Å². The molecule has 2 aromatic heterocycles. The Hall–Kier alpha value is -4.42. The number of amides is 2. The lowest BCUT2D eigenvalue weighted by atomic mass is 9.81. The number of methoxy groups -OCH3 is 1. The van der Waals surface area contributed by atoms with E-state index >= 15 is 4.79 Å². The fraction of sp³-hybridized carbons (Fsp3) is 0.523. The molecule has 2 aliphatic carbocycles. The van der Waals surface area contributed by atoms with Gasteiger partial charge in [0.25, 0.3) is 11.8 Å². The number of rotatable bonds is 8. The third-order valence-corrected chi connectivity index (χ3v) is 15.0. The van der Waals surface area contributed by atoms with E-state index in [4.69, 9.17) is 9.84 Å². The molecule has 11 nitrogen and oxygen atoms in total. The quantitative estimate of drug-likeness (QED) is 0.197. The second-order valence-electron chi connectivity index (χ2n) is 17.2. The summed E-state index contributed by atoms with van der Waals surface area (Å²) in [5.41, 5.74) is 8.96. The second kappa shape index (κ2) is 14.2. The van der Waals surface area contributed by atoms with Gasteiger partial charge in [0.1, 0.15) is 5.75 Å². The molecule has 2 atom stereocenters. The zero-order valence-electron chi connectivity index (χ0n) is 33.3. The number of piperazine rings is 1. The van der Waals surface area contributed by atoms with E-state index < -0.39 is 21.2 Å². The number of nitrogens with one attached hydrogen (secondary N) is 1. The number of likely N-dealkylation sites (tertiary alicyclic amines) is 1. The van der Waals surface area contributed by atoms with Crippen molar-refractivity contribution >= 4 is 44.4 Å². The van der Waals surface area contributed by atoms with Gasteiger partial charge < -0.3 is 19.1 Å². The van der Waals surface area contributed by atoms with Gasteiger partial charge in [0.2, 0.25) is 10.0 Å². The lowest BCUT2D eigenvalue weighted by Crippen LogP contribution is -2.54. The fourth-order valence-electron chi connectivity index (χ4n) is 10.2. The number of aryl methyl sites for hydroxylation is 1. The summed E-state index contributed by atoms with van der Waals surface area (Å²) in [5, 5.41) is 5.51. The Kier molecular flexibility index (Phi) is 9.42. The van der Waals surface area contributed by atoms with Gasteiger partial charge in [0.05, 0.1) is 47.6 Å². The number of likely N-dealkylation sites (N-methyl/N-ethyl adjacent to an activating group) is 1. The molecular formula is C44H54N6O5S. The molecule has 3 aliphatic heterocycles. The highest BCUT2D eigenvalue weighted by Crippen LogP contribution is 2.49. The first-order chi connectivity index (χ1) is 26.9. The van der Waals surface area contributed by atoms with E-state index in [-0.39, 0.29) is 24.0 Å². The zero-order valence-corrected chi connectivity index (χ0v) is 34.1. The summed E-state index contributed by atoms with van der Waals surface area (Å²) in [6, 6.07) is 12.5. The number of nitrogens with zero attached hydrogens (tertiary/aromatic N) is 5. The SMILES string of the molecule is COc1ccc2c(c1)C=C(c1c(C(=O)N3C4CCC3CN(C)C4)c(C)nn1C1CCC1)Cn1c-2c(C2CCCCC2)c2ccc(C(=O)NS(=O)(=O)C(C)C)cc21. The van der Waals surface area contributed by atoms with E-state index in [9.17, 15) is 13.2 Å². The van der Waals surface area contributed by atoms with Gasteiger partial charge in [0.15, 0.2) is 0 Å². The summed E-state index contributed by atoms with van der Waals surface area (Å²) in [4.78, 5) is 33.2. The average Bonchev–Trinajstić information content (AvgIpc) is 3.71. The largest absolute Gasteiger partial charge is 0.497 e. The number of carbonyl (C=O) groups is 2. The highest BCUT2D eigenvalue weighted by atomic mass is 32.2. The average molecular weight is 779 g/mol. The molecule has 9 rings (SSSR count). The first kappa shape index (κ1) is 37.2. The molecule has 12 heteroatoms. The van der Waals surface area contributed by atoms with E-state index in [1.165, 1.54) is 12.0 Å². The molecule has 1 N–H and O–H groups in total. The predicted octanol–water partition coefficient (Wildman–Crippen LogP) is 7.54. The standard InChI is InChI=1S/C44H54N6O5S/c1-26(2)56(53,54)46-43(51)29-14-18-37-38(22-29)48-23-31(20-30-21-35(55-5)17-19-36(30)42(48)40(37)28-10-7-6-8-11-28)41-39(27(3)45-50(41)32-12-9-13-32)44(52)49-33-15-16-34(49)25-47(4)24-33/h14,17-22,26,28,32-34H,6-13,15-16,23-25H2,1-5H3,(H,46,51). The van der Waals surface area contributed by atoms with Crippen molar-refractivity contribution < 1.29 is 22.7 Å². The van der Waals surface area contributed by atoms with E-state index in [0.29, 0.717) is 23.6 Å². The molecule has 296 valence electrons. The Morgan fingerprint density at radius 3 is 2.29 bits per heavy atom. The van der Waals surface area contributed by atoms with E-state index in [0.717, 1.165) is 121 Å². The molecule has 0 radical (unpaired) electrons. The number of hydrogen-bond acceptors (Lipinski definition) is 7. The Labute approximate surface area is 330 Å². The molecular weight excluding hydrogens is 725 g/mol. The lowest BCUT2D eigenvalue weighted by Gasteiger charge is -2.39. The van der Waals surface area contributed by atoms with E-state index in [1.807, 2.05) is 25.1 Å². The molecule has 2 bridgehead atoms. The van der Waals surface area contributed by atoms with Crippen LogP contribution in [0.5, 0.6) is 5.75 Å². The molecule has 0 spiro atoms. The third kappa shape index (κ3) is 6.18. The molecule has 4 fully saturated rings. The van der Waals surface area contributed by atoms with Gasteiger partial charge in [-0.25, -0.2) is 13.1 Å². The minimum Gasteiger partial charge on any atom is -0.497 e. The fourth-order valence-corrected chi connectivity index (χ4v) is 10.8. The molecule has 2 aromatic carbocycles. The summed E-state index contributed by atoms with van der Waals surface area (Å²) in [5.74, 6) is 0.513. The number of carbonyl (C=O) groups excluding carboxylic acids is 2. The Bertz CT molecular complexity index is 2370. The Morgan fingerprint density at radius 2 is 1.62 bits per heavy atom. The van der Waals surface area contributed by atoms with Crippen molar-refractivity contribution in [3.05, 3.63) is 70.0 Å². The van der Waals surface area contributed by atoms with Crippen molar-refractivity contribution in [1.29, 1.82) is 0 Å². The minimum absolute atomic E-state index is 0.0745. The summed E-state index contributed by atoms with van der Waals surface area (Å²) in [7, 11) is 0.00477. The van der Waals surface area contributed by atoms with Crippen molar-refractivity contribution in [1.82, 2.24) is 28.9 Å². The van der Waals surface area contributed by atoms with Crippen LogP contribution in [-0.4, -0.2) is 89.0 Å². The maximum atomic E-state index is 15.1. The third-order valence-electron chi connectivity index (χ3n) is 13.3. The van der Waals surface area contributed by atoms with Crippen LogP contribution in [0.4, 0.5) is 0 Å². The topological polar surface area (TPSA) is 119 Å². The Morgan fingerprint density at radius 1 is 0.893 bits per heavy atom. The van der Waals surface area contributed by atoms with Gasteiger partial charge in [-0.1, -0.05) is 25.3 Å². The zero-order chi connectivity index (χ0) is 39.0. The first-order valence-corrected chi connectivity index (χ1v) is 22.2. The van der Waals surface area contributed by atoms with Crippen LogP contribution in [0.2, 0.25) is 0 Å². The van der Waals surface area contributed by atoms with Crippen molar-refractivity contribution in [2.75, 3.05) is 27.2 Å². The first-order valence-electron chi connectivity index (χ1n) is 20.6. The van der Waals surface area contributed by atoms with Crippen LogP contribution in [0.25, 0.3) is 33.8 Å². The van der Waals surface area contributed by atoms with Crippen LogP contribution < -0.4 is 9.46 Å². The van der Waals surface area contributed by atoms with Gasteiger partial charge in [-0.05, 0) is 132 Å². The summed E-state index contributed by atoms with van der Waals surface area (Å²) >= 11 is 0. The van der Waals surface area contributed by atoms with Gasteiger partial charge >= 0.3 is 0 Å². The van der Waals surface area contributed by atoms with Crippen molar-refractivity contribution in [3.63, 3.8) is 0 Å². The van der Waals surface area contributed by atoms with Crippen molar-refractivity contribution in [2.24, 2.45) is 0 Å². The second-order valence-corrected chi connectivity index (χ2v) is 19.5. The normalized spacial score (nSPS) is 21.8. The van der Waals surface area contributed by atoms with Crippen LogP contribution in [0.15, 0.2) is 36.4 Å².